The first kappa shape index (κ1) is 18.6. The third-order valence-electron chi connectivity index (χ3n) is 4.44. The molecule has 0 heterocycles. The van der Waals surface area contributed by atoms with Crippen LogP contribution in [0.25, 0.3) is 0 Å². The van der Waals surface area contributed by atoms with Gasteiger partial charge in [-0.05, 0) is 43.4 Å². The fourth-order valence-corrected chi connectivity index (χ4v) is 2.90. The average Bonchev–Trinajstić information content (AvgIpc) is 3.38. The maximum absolute atomic E-state index is 11.1. The Labute approximate surface area is 148 Å². The predicted octanol–water partition coefficient (Wildman–Crippen LogP) is 2.88. The highest BCUT2D eigenvalue weighted by Crippen LogP contribution is 2.48. The smallest absolute Gasteiger partial charge is 0.305 e. The summed E-state index contributed by atoms with van der Waals surface area (Å²) in [6.45, 7) is 1.62. The molecule has 0 saturated heterocycles. The van der Waals surface area contributed by atoms with E-state index in [0.29, 0.717) is 6.42 Å². The maximum atomic E-state index is 11.1. The van der Waals surface area contributed by atoms with Crippen molar-refractivity contribution in [3.63, 3.8) is 0 Å². The number of unbranched alkanes of at least 4 members (excludes halogenated alkanes) is 1. The van der Waals surface area contributed by atoms with Gasteiger partial charge in [-0.15, -0.1) is 0 Å². The van der Waals surface area contributed by atoms with E-state index in [1.54, 1.807) is 7.05 Å². The van der Waals surface area contributed by atoms with Gasteiger partial charge in [-0.2, -0.15) is 0 Å². The highest BCUT2D eigenvalue weighted by molar-refractivity contribution is 6.30. The number of carbonyl (C=O) groups is 1. The van der Waals surface area contributed by atoms with Gasteiger partial charge < -0.3 is 15.4 Å². The number of rotatable bonds is 8. The Morgan fingerprint density at radius 3 is 2.75 bits per heavy atom. The molecule has 1 fully saturated rings. The Morgan fingerprint density at radius 1 is 1.33 bits per heavy atom. The predicted molar refractivity (Wildman–Crippen MR) is 97.6 cm³/mol. The van der Waals surface area contributed by atoms with Gasteiger partial charge >= 0.3 is 5.97 Å². The van der Waals surface area contributed by atoms with Crippen LogP contribution in [0.4, 0.5) is 0 Å². The number of aliphatic imine (C=N–C) groups is 1. The summed E-state index contributed by atoms with van der Waals surface area (Å²) in [5, 5.41) is 7.47. The maximum Gasteiger partial charge on any atom is 0.305 e. The Hall–Kier alpha value is -1.75. The zero-order valence-corrected chi connectivity index (χ0v) is 15.2. The van der Waals surface area contributed by atoms with E-state index in [2.05, 4.69) is 32.5 Å². The molecule has 24 heavy (non-hydrogen) atoms. The monoisotopic (exact) mass is 351 g/mol. The number of nitrogens with zero attached hydrogens (tertiary/aromatic N) is 1. The molecule has 0 amide bonds. The fraction of sp³-hybridized carbons (Fsp3) is 0.556. The van der Waals surface area contributed by atoms with Gasteiger partial charge in [0.05, 0.1) is 7.11 Å². The molecule has 0 unspecified atom stereocenters. The molecule has 5 nitrogen and oxygen atoms in total. The van der Waals surface area contributed by atoms with Crippen LogP contribution in [0.1, 0.15) is 37.7 Å². The molecule has 0 bridgehead atoms. The van der Waals surface area contributed by atoms with Crippen LogP contribution in [-0.2, 0) is 14.9 Å². The zero-order valence-electron chi connectivity index (χ0n) is 14.4. The number of methoxy groups -OCH3 is 1. The van der Waals surface area contributed by atoms with Crippen molar-refractivity contribution >= 4 is 23.5 Å². The van der Waals surface area contributed by atoms with Gasteiger partial charge in [-0.1, -0.05) is 23.7 Å². The molecule has 0 spiro atoms. The molecule has 1 aromatic rings. The molecule has 2 N–H and O–H groups in total. The molecule has 2 rings (SSSR count). The van der Waals surface area contributed by atoms with E-state index < -0.39 is 0 Å². The number of hydrogen-bond donors (Lipinski definition) is 2. The minimum atomic E-state index is -0.158. The number of hydrogen-bond acceptors (Lipinski definition) is 3. The van der Waals surface area contributed by atoms with Gasteiger partial charge in [0.2, 0.25) is 0 Å². The normalized spacial score (nSPS) is 15.7. The Kier molecular flexibility index (Phi) is 6.91. The molecule has 0 aliphatic heterocycles. The highest BCUT2D eigenvalue weighted by Gasteiger charge is 2.44. The van der Waals surface area contributed by atoms with Crippen molar-refractivity contribution in [2.45, 2.75) is 37.5 Å². The Balaban J connectivity index is 1.73. The van der Waals surface area contributed by atoms with Crippen LogP contribution in [0.3, 0.4) is 0 Å². The summed E-state index contributed by atoms with van der Waals surface area (Å²) < 4.78 is 4.63. The van der Waals surface area contributed by atoms with Crippen molar-refractivity contribution in [2.75, 3.05) is 27.2 Å². The number of esters is 1. The van der Waals surface area contributed by atoms with Crippen molar-refractivity contribution in [1.29, 1.82) is 0 Å². The van der Waals surface area contributed by atoms with Gasteiger partial charge in [0, 0.05) is 37.0 Å². The van der Waals surface area contributed by atoms with Gasteiger partial charge in [-0.3, -0.25) is 9.79 Å². The van der Waals surface area contributed by atoms with Crippen LogP contribution in [0.2, 0.25) is 5.02 Å². The number of carbonyl (C=O) groups excluding carboxylic acids is 1. The molecule has 1 saturated carbocycles. The molecular formula is C18H26ClN3O2. The first-order valence-electron chi connectivity index (χ1n) is 8.37. The lowest BCUT2D eigenvalue weighted by molar-refractivity contribution is -0.140. The van der Waals surface area contributed by atoms with Gasteiger partial charge in [0.15, 0.2) is 5.96 Å². The summed E-state index contributed by atoms with van der Waals surface area (Å²) in [6.07, 6.45) is 4.49. The summed E-state index contributed by atoms with van der Waals surface area (Å²) >= 11 is 6.11. The standard InChI is InChI=1S/C18H26ClN3O2/c1-20-17(21-11-4-3-8-16(23)24-2)22-13-18(9-10-18)14-6-5-7-15(19)12-14/h5-7,12H,3-4,8-11,13H2,1-2H3,(H2,20,21,22). The second-order valence-corrected chi connectivity index (χ2v) is 6.61. The number of halogens is 1. The second-order valence-electron chi connectivity index (χ2n) is 6.18. The zero-order chi connectivity index (χ0) is 17.4. The number of nitrogens with one attached hydrogen (secondary N) is 2. The number of guanidine groups is 1. The van der Waals surface area contributed by atoms with Crippen LogP contribution in [0.5, 0.6) is 0 Å². The van der Waals surface area contributed by atoms with E-state index in [1.807, 2.05) is 12.1 Å². The first-order valence-corrected chi connectivity index (χ1v) is 8.75. The Bertz CT molecular complexity index is 585. The summed E-state index contributed by atoms with van der Waals surface area (Å²) in [5.74, 6) is 0.635. The van der Waals surface area contributed by atoms with Gasteiger partial charge in [0.1, 0.15) is 0 Å². The fourth-order valence-electron chi connectivity index (χ4n) is 2.71. The van der Waals surface area contributed by atoms with E-state index in [1.165, 1.54) is 12.7 Å². The minimum absolute atomic E-state index is 0.158. The third kappa shape index (κ3) is 5.41. The van der Waals surface area contributed by atoms with E-state index >= 15 is 0 Å². The molecular weight excluding hydrogens is 326 g/mol. The molecule has 132 valence electrons. The van der Waals surface area contributed by atoms with Crippen LogP contribution in [0, 0.1) is 0 Å². The number of benzene rings is 1. The van der Waals surface area contributed by atoms with Crippen molar-refractivity contribution < 1.29 is 9.53 Å². The summed E-state index contributed by atoms with van der Waals surface area (Å²) in [7, 11) is 3.18. The minimum Gasteiger partial charge on any atom is -0.469 e. The van der Waals surface area contributed by atoms with Crippen molar-refractivity contribution in [3.8, 4) is 0 Å². The van der Waals surface area contributed by atoms with Crippen LogP contribution >= 0.6 is 11.6 Å². The molecule has 1 aliphatic carbocycles. The molecule has 6 heteroatoms. The lowest BCUT2D eigenvalue weighted by Crippen LogP contribution is -2.41. The van der Waals surface area contributed by atoms with E-state index in [0.717, 1.165) is 49.8 Å². The van der Waals surface area contributed by atoms with Crippen LogP contribution in [-0.4, -0.2) is 39.2 Å². The molecule has 0 aromatic heterocycles. The van der Waals surface area contributed by atoms with E-state index in [4.69, 9.17) is 11.6 Å². The lowest BCUT2D eigenvalue weighted by Gasteiger charge is -2.19. The lowest BCUT2D eigenvalue weighted by atomic mass is 9.96. The Morgan fingerprint density at radius 2 is 2.12 bits per heavy atom. The summed E-state index contributed by atoms with van der Waals surface area (Å²) in [4.78, 5) is 15.3. The summed E-state index contributed by atoms with van der Waals surface area (Å²) in [6, 6.07) is 8.11. The largest absolute Gasteiger partial charge is 0.469 e. The molecule has 0 atom stereocenters. The molecule has 1 aromatic carbocycles. The van der Waals surface area contributed by atoms with Crippen molar-refractivity contribution in [3.05, 3.63) is 34.9 Å². The van der Waals surface area contributed by atoms with E-state index in [9.17, 15) is 4.79 Å². The second kappa shape index (κ2) is 8.92. The molecule has 1 aliphatic rings. The molecule has 0 radical (unpaired) electrons. The van der Waals surface area contributed by atoms with Crippen LogP contribution < -0.4 is 10.6 Å². The average molecular weight is 352 g/mol. The van der Waals surface area contributed by atoms with Crippen molar-refractivity contribution in [2.24, 2.45) is 4.99 Å². The SMILES string of the molecule is CN=C(NCCCCC(=O)OC)NCC1(c2cccc(Cl)c2)CC1. The quantitative estimate of drug-likeness (QED) is 0.327. The van der Waals surface area contributed by atoms with Gasteiger partial charge in [0.25, 0.3) is 0 Å². The summed E-state index contributed by atoms with van der Waals surface area (Å²) in [5.41, 5.74) is 1.46. The third-order valence-corrected chi connectivity index (χ3v) is 4.67. The van der Waals surface area contributed by atoms with Crippen LogP contribution in [0.15, 0.2) is 29.3 Å². The highest BCUT2D eigenvalue weighted by atomic mass is 35.5. The van der Waals surface area contributed by atoms with Gasteiger partial charge in [-0.25, -0.2) is 0 Å². The van der Waals surface area contributed by atoms with E-state index in [-0.39, 0.29) is 11.4 Å². The topological polar surface area (TPSA) is 62.7 Å². The van der Waals surface area contributed by atoms with Crippen molar-refractivity contribution in [1.82, 2.24) is 10.6 Å². The first-order chi connectivity index (χ1) is 11.6. The number of ether oxygens (including phenoxy) is 1.